The minimum atomic E-state index is -0.350. The van der Waals surface area contributed by atoms with Crippen LogP contribution in [0.3, 0.4) is 0 Å². The van der Waals surface area contributed by atoms with Crippen LogP contribution in [-0.2, 0) is 6.54 Å². The van der Waals surface area contributed by atoms with Gasteiger partial charge in [-0.25, -0.2) is 4.39 Å². The van der Waals surface area contributed by atoms with Crippen LogP contribution in [0, 0.1) is 11.7 Å². The summed E-state index contributed by atoms with van der Waals surface area (Å²) in [6.45, 7) is 5.03. The van der Waals surface area contributed by atoms with Crippen molar-refractivity contribution in [1.82, 2.24) is 19.7 Å². The summed E-state index contributed by atoms with van der Waals surface area (Å²) in [5.74, 6) is 0.363. The van der Waals surface area contributed by atoms with E-state index in [0.29, 0.717) is 45.9 Å². The lowest BCUT2D eigenvalue weighted by Crippen LogP contribution is -2.31. The molecule has 0 saturated carbocycles. The highest BCUT2D eigenvalue weighted by atomic mass is 32.2. The van der Waals surface area contributed by atoms with Crippen molar-refractivity contribution in [2.24, 2.45) is 5.92 Å². The lowest BCUT2D eigenvalue weighted by molar-refractivity contribution is 0.0664. The number of carbonyl (C=O) groups excluding carboxylic acids is 2. The maximum Gasteiger partial charge on any atom is 0.261 e. The van der Waals surface area contributed by atoms with Crippen molar-refractivity contribution in [2.75, 3.05) is 12.3 Å². The van der Waals surface area contributed by atoms with Gasteiger partial charge in [-0.05, 0) is 30.2 Å². The molecule has 6 nitrogen and oxygen atoms in total. The normalized spacial score (nSPS) is 13.4. The molecular formula is C22H21FN4O2S. The van der Waals surface area contributed by atoms with Crippen molar-refractivity contribution in [2.45, 2.75) is 25.5 Å². The summed E-state index contributed by atoms with van der Waals surface area (Å²) in [6.07, 6.45) is 0. The SMILES string of the molecule is CC(C)Cn1c(SCCN2C(=O)c3ccccc3C2=O)nnc1-c1ccccc1F. The molecule has 4 rings (SSSR count). The highest BCUT2D eigenvalue weighted by Gasteiger charge is 2.34. The number of aromatic nitrogens is 3. The zero-order chi connectivity index (χ0) is 21.3. The fourth-order valence-corrected chi connectivity index (χ4v) is 4.31. The van der Waals surface area contributed by atoms with Gasteiger partial charge in [0.2, 0.25) is 0 Å². The number of thioether (sulfide) groups is 1. The molecule has 1 aliphatic rings. The minimum absolute atomic E-state index is 0.264. The van der Waals surface area contributed by atoms with Crippen LogP contribution in [0.1, 0.15) is 34.6 Å². The molecule has 0 aliphatic carbocycles. The highest BCUT2D eigenvalue weighted by molar-refractivity contribution is 7.99. The average molecular weight is 425 g/mol. The summed E-state index contributed by atoms with van der Waals surface area (Å²) in [5.41, 5.74) is 1.28. The second kappa shape index (κ2) is 8.39. The molecule has 1 aliphatic heterocycles. The molecule has 0 saturated heterocycles. The van der Waals surface area contributed by atoms with Crippen molar-refractivity contribution in [3.63, 3.8) is 0 Å². The molecule has 8 heteroatoms. The van der Waals surface area contributed by atoms with E-state index < -0.39 is 0 Å². The Morgan fingerprint density at radius 2 is 1.53 bits per heavy atom. The number of nitrogens with zero attached hydrogens (tertiary/aromatic N) is 4. The van der Waals surface area contributed by atoms with Gasteiger partial charge in [0.05, 0.1) is 16.7 Å². The summed E-state index contributed by atoms with van der Waals surface area (Å²) in [7, 11) is 0. The Kier molecular flexibility index (Phi) is 5.67. The first-order chi connectivity index (χ1) is 14.5. The van der Waals surface area contributed by atoms with Gasteiger partial charge in [0.25, 0.3) is 11.8 Å². The van der Waals surface area contributed by atoms with Crippen molar-refractivity contribution in [3.05, 3.63) is 65.5 Å². The van der Waals surface area contributed by atoms with Crippen molar-refractivity contribution in [3.8, 4) is 11.4 Å². The van der Waals surface area contributed by atoms with Crippen LogP contribution in [0.2, 0.25) is 0 Å². The third-order valence-electron chi connectivity index (χ3n) is 4.80. The van der Waals surface area contributed by atoms with Gasteiger partial charge in [-0.1, -0.05) is 49.9 Å². The standard InChI is InChI=1S/C22H21FN4O2S/c1-14(2)13-27-19(17-9-5-6-10-18(17)23)24-25-22(27)30-12-11-26-20(28)15-7-3-4-8-16(15)21(26)29/h3-10,14H,11-13H2,1-2H3. The summed E-state index contributed by atoms with van der Waals surface area (Å²) in [4.78, 5) is 26.3. The topological polar surface area (TPSA) is 68.1 Å². The number of hydrogen-bond donors (Lipinski definition) is 0. The second-order valence-corrected chi connectivity index (χ2v) is 8.51. The molecule has 2 heterocycles. The molecule has 0 N–H and O–H groups in total. The van der Waals surface area contributed by atoms with Crippen LogP contribution < -0.4 is 0 Å². The van der Waals surface area contributed by atoms with Gasteiger partial charge in [-0.15, -0.1) is 10.2 Å². The third kappa shape index (κ3) is 3.75. The molecule has 2 aromatic carbocycles. The van der Waals surface area contributed by atoms with Crippen LogP contribution in [0.15, 0.2) is 53.7 Å². The maximum absolute atomic E-state index is 14.3. The largest absolute Gasteiger partial charge is 0.302 e. The van der Waals surface area contributed by atoms with E-state index in [2.05, 4.69) is 24.0 Å². The van der Waals surface area contributed by atoms with E-state index in [4.69, 9.17) is 0 Å². The molecule has 30 heavy (non-hydrogen) atoms. The Bertz CT molecular complexity index is 1080. The molecule has 154 valence electrons. The average Bonchev–Trinajstić information content (AvgIpc) is 3.22. The quantitative estimate of drug-likeness (QED) is 0.421. The highest BCUT2D eigenvalue weighted by Crippen LogP contribution is 2.28. The summed E-state index contributed by atoms with van der Waals surface area (Å²) < 4.78 is 16.2. The molecule has 0 unspecified atom stereocenters. The summed E-state index contributed by atoms with van der Waals surface area (Å²) >= 11 is 1.40. The number of benzene rings is 2. The Morgan fingerprint density at radius 1 is 0.933 bits per heavy atom. The van der Waals surface area contributed by atoms with E-state index >= 15 is 0 Å². The predicted octanol–water partition coefficient (Wildman–Crippen LogP) is 4.13. The van der Waals surface area contributed by atoms with Crippen LogP contribution in [0.5, 0.6) is 0 Å². The Hall–Kier alpha value is -3.00. The lowest BCUT2D eigenvalue weighted by Gasteiger charge is -2.15. The number of halogens is 1. The smallest absolute Gasteiger partial charge is 0.261 e. The van der Waals surface area contributed by atoms with E-state index in [1.54, 1.807) is 42.5 Å². The molecular weight excluding hydrogens is 403 g/mol. The molecule has 0 spiro atoms. The lowest BCUT2D eigenvalue weighted by atomic mass is 10.1. The number of carbonyl (C=O) groups is 2. The summed E-state index contributed by atoms with van der Waals surface area (Å²) in [6, 6.07) is 13.3. The maximum atomic E-state index is 14.3. The number of fused-ring (bicyclic) bond motifs is 1. The van der Waals surface area contributed by atoms with Gasteiger partial charge in [-0.2, -0.15) is 0 Å². The van der Waals surface area contributed by atoms with Gasteiger partial charge in [-0.3, -0.25) is 14.5 Å². The minimum Gasteiger partial charge on any atom is -0.302 e. The molecule has 0 fully saturated rings. The predicted molar refractivity (Wildman–Crippen MR) is 113 cm³/mol. The number of rotatable bonds is 7. The molecule has 0 bridgehead atoms. The van der Waals surface area contributed by atoms with E-state index in [1.807, 2.05) is 4.57 Å². The number of amides is 2. The van der Waals surface area contributed by atoms with E-state index in [0.717, 1.165) is 0 Å². The first-order valence-electron chi connectivity index (χ1n) is 9.73. The fraction of sp³-hybridized carbons (Fsp3) is 0.273. The zero-order valence-electron chi connectivity index (χ0n) is 16.7. The Morgan fingerprint density at radius 3 is 2.13 bits per heavy atom. The van der Waals surface area contributed by atoms with E-state index in [1.165, 1.54) is 22.7 Å². The van der Waals surface area contributed by atoms with E-state index in [9.17, 15) is 14.0 Å². The van der Waals surface area contributed by atoms with Crippen molar-refractivity contribution < 1.29 is 14.0 Å². The molecule has 1 aromatic heterocycles. The van der Waals surface area contributed by atoms with Crippen molar-refractivity contribution in [1.29, 1.82) is 0 Å². The first-order valence-corrected chi connectivity index (χ1v) is 10.7. The fourth-order valence-electron chi connectivity index (χ4n) is 3.44. The van der Waals surface area contributed by atoms with Crippen LogP contribution in [0.4, 0.5) is 4.39 Å². The zero-order valence-corrected chi connectivity index (χ0v) is 17.5. The number of imide groups is 1. The molecule has 2 amide bonds. The van der Waals surface area contributed by atoms with Crippen LogP contribution in [0.25, 0.3) is 11.4 Å². The third-order valence-corrected chi connectivity index (χ3v) is 5.75. The molecule has 0 radical (unpaired) electrons. The second-order valence-electron chi connectivity index (χ2n) is 7.45. The monoisotopic (exact) mass is 424 g/mol. The molecule has 3 aromatic rings. The van der Waals surface area contributed by atoms with Gasteiger partial charge in [0.1, 0.15) is 5.82 Å². The van der Waals surface area contributed by atoms with Gasteiger partial charge in [0, 0.05) is 18.8 Å². The number of hydrogen-bond acceptors (Lipinski definition) is 5. The Balaban J connectivity index is 1.51. The van der Waals surface area contributed by atoms with Crippen molar-refractivity contribution >= 4 is 23.6 Å². The molecule has 0 atom stereocenters. The van der Waals surface area contributed by atoms with Gasteiger partial charge >= 0.3 is 0 Å². The van der Waals surface area contributed by atoms with Crippen LogP contribution >= 0.6 is 11.8 Å². The van der Waals surface area contributed by atoms with Gasteiger partial charge in [0.15, 0.2) is 11.0 Å². The van der Waals surface area contributed by atoms with E-state index in [-0.39, 0.29) is 24.2 Å². The first kappa shape index (κ1) is 20.3. The van der Waals surface area contributed by atoms with Gasteiger partial charge < -0.3 is 4.57 Å². The summed E-state index contributed by atoms with van der Waals surface area (Å²) in [5, 5.41) is 9.10. The van der Waals surface area contributed by atoms with Crippen LogP contribution in [-0.4, -0.2) is 43.8 Å². The Labute approximate surface area is 178 Å².